The summed E-state index contributed by atoms with van der Waals surface area (Å²) >= 11 is 1.38. The van der Waals surface area contributed by atoms with Crippen molar-refractivity contribution in [2.75, 3.05) is 13.2 Å². The number of hydrogen-bond donors (Lipinski definition) is 1. The van der Waals surface area contributed by atoms with Crippen LogP contribution in [0.4, 0.5) is 0 Å². The maximum Gasteiger partial charge on any atom is 0.307 e. The van der Waals surface area contributed by atoms with Gasteiger partial charge in [-0.25, -0.2) is 4.98 Å². The third-order valence-electron chi connectivity index (χ3n) is 4.07. The molecule has 3 heterocycles. The van der Waals surface area contributed by atoms with Crippen LogP contribution in [-0.4, -0.2) is 43.2 Å². The van der Waals surface area contributed by atoms with Crippen molar-refractivity contribution in [3.8, 4) is 10.8 Å². The topological polar surface area (TPSA) is 94.8 Å². The van der Waals surface area contributed by atoms with E-state index in [0.717, 1.165) is 35.6 Å². The van der Waals surface area contributed by atoms with E-state index in [-0.39, 0.29) is 18.4 Å². The van der Waals surface area contributed by atoms with Gasteiger partial charge in [0.2, 0.25) is 0 Å². The first-order valence-electron chi connectivity index (χ1n) is 7.92. The Bertz CT molecular complexity index is 723. The summed E-state index contributed by atoms with van der Waals surface area (Å²) in [6, 6.07) is -0.167. The van der Waals surface area contributed by atoms with Gasteiger partial charge in [0.1, 0.15) is 5.82 Å². The van der Waals surface area contributed by atoms with Crippen molar-refractivity contribution in [2.24, 2.45) is 0 Å². The van der Waals surface area contributed by atoms with Crippen molar-refractivity contribution >= 4 is 17.5 Å². The van der Waals surface area contributed by atoms with Gasteiger partial charge in [-0.3, -0.25) is 4.79 Å². The van der Waals surface area contributed by atoms with Crippen molar-refractivity contribution < 1.29 is 9.53 Å². The quantitative estimate of drug-likeness (QED) is 0.823. The Hall–Kier alpha value is -1.87. The van der Waals surface area contributed by atoms with Gasteiger partial charge in [-0.15, -0.1) is 10.2 Å². The van der Waals surface area contributed by atoms with Gasteiger partial charge in [0, 0.05) is 19.0 Å². The van der Waals surface area contributed by atoms with Gasteiger partial charge < -0.3 is 14.6 Å². The van der Waals surface area contributed by atoms with E-state index in [1.807, 2.05) is 4.57 Å². The molecule has 0 spiro atoms. The molecule has 2 aromatic heterocycles. The summed E-state index contributed by atoms with van der Waals surface area (Å²) < 4.78 is 11.5. The average molecular weight is 334 g/mol. The van der Waals surface area contributed by atoms with Crippen LogP contribution in [0.2, 0.25) is 0 Å². The minimum absolute atomic E-state index is 0.167. The second-order valence-electron chi connectivity index (χ2n) is 5.78. The summed E-state index contributed by atoms with van der Waals surface area (Å²) in [4.78, 5) is 16.4. The monoisotopic (exact) mass is 334 g/mol. The summed E-state index contributed by atoms with van der Waals surface area (Å²) in [5.41, 5.74) is 0. The summed E-state index contributed by atoms with van der Waals surface area (Å²) in [5, 5.41) is 12.7. The SMILES string of the molecule is CCOC(=O)CC1NCCn2c(-c3nc(C4CC4)ns3)nnc21. The minimum Gasteiger partial charge on any atom is -0.466 e. The van der Waals surface area contributed by atoms with E-state index in [2.05, 4.69) is 24.9 Å². The molecule has 2 aromatic rings. The van der Waals surface area contributed by atoms with Gasteiger partial charge in [0.15, 0.2) is 16.7 Å². The highest BCUT2D eigenvalue weighted by atomic mass is 32.1. The number of esters is 1. The molecule has 1 unspecified atom stereocenters. The van der Waals surface area contributed by atoms with Crippen LogP contribution >= 0.6 is 11.5 Å². The molecule has 0 amide bonds. The van der Waals surface area contributed by atoms with Crippen LogP contribution in [0, 0.1) is 0 Å². The third-order valence-corrected chi connectivity index (χ3v) is 4.79. The molecular weight excluding hydrogens is 316 g/mol. The molecule has 23 heavy (non-hydrogen) atoms. The molecule has 2 aliphatic rings. The van der Waals surface area contributed by atoms with E-state index >= 15 is 0 Å². The van der Waals surface area contributed by atoms with Crippen LogP contribution < -0.4 is 5.32 Å². The summed E-state index contributed by atoms with van der Waals surface area (Å²) in [5.74, 6) is 2.75. The number of rotatable bonds is 5. The lowest BCUT2D eigenvalue weighted by molar-refractivity contribution is -0.143. The minimum atomic E-state index is -0.227. The highest BCUT2D eigenvalue weighted by Gasteiger charge is 2.31. The number of nitrogens with zero attached hydrogens (tertiary/aromatic N) is 5. The van der Waals surface area contributed by atoms with Gasteiger partial charge in [-0.2, -0.15) is 4.37 Å². The smallest absolute Gasteiger partial charge is 0.307 e. The molecule has 1 aliphatic heterocycles. The van der Waals surface area contributed by atoms with Crippen molar-refractivity contribution in [1.82, 2.24) is 29.4 Å². The molecule has 1 fully saturated rings. The van der Waals surface area contributed by atoms with Crippen LogP contribution in [-0.2, 0) is 16.1 Å². The van der Waals surface area contributed by atoms with E-state index < -0.39 is 0 Å². The van der Waals surface area contributed by atoms with Crippen molar-refractivity contribution in [3.63, 3.8) is 0 Å². The third kappa shape index (κ3) is 2.86. The van der Waals surface area contributed by atoms with Crippen molar-refractivity contribution in [3.05, 3.63) is 11.6 Å². The number of ether oxygens (including phenoxy) is 1. The lowest BCUT2D eigenvalue weighted by atomic mass is 10.1. The largest absolute Gasteiger partial charge is 0.466 e. The molecule has 1 aliphatic carbocycles. The van der Waals surface area contributed by atoms with Gasteiger partial charge >= 0.3 is 5.97 Å². The molecule has 1 N–H and O–H groups in total. The van der Waals surface area contributed by atoms with Crippen LogP contribution in [0.1, 0.15) is 49.8 Å². The molecule has 9 heteroatoms. The van der Waals surface area contributed by atoms with Crippen LogP contribution in [0.15, 0.2) is 0 Å². The summed E-state index contributed by atoms with van der Waals surface area (Å²) in [6.07, 6.45) is 2.62. The number of nitrogens with one attached hydrogen (secondary N) is 1. The summed E-state index contributed by atoms with van der Waals surface area (Å²) in [6.45, 7) is 3.71. The van der Waals surface area contributed by atoms with Crippen LogP contribution in [0.25, 0.3) is 10.8 Å². The first-order valence-corrected chi connectivity index (χ1v) is 8.69. The molecule has 8 nitrogen and oxygen atoms in total. The van der Waals surface area contributed by atoms with Gasteiger partial charge in [0.25, 0.3) is 0 Å². The number of carbonyl (C=O) groups is 1. The molecule has 0 bridgehead atoms. The average Bonchev–Trinajstić information content (AvgIpc) is 3.11. The zero-order chi connectivity index (χ0) is 15.8. The standard InChI is InChI=1S/C14H18N6O2S/c1-2-22-10(21)7-9-12-17-18-13(20(12)6-5-15-9)14-16-11(19-23-14)8-3-4-8/h8-9,15H,2-7H2,1H3. The fourth-order valence-corrected chi connectivity index (χ4v) is 3.51. The molecule has 1 saturated carbocycles. The van der Waals surface area contributed by atoms with Crippen LogP contribution in [0.5, 0.6) is 0 Å². The lowest BCUT2D eigenvalue weighted by Gasteiger charge is -2.24. The summed E-state index contributed by atoms with van der Waals surface area (Å²) in [7, 11) is 0. The molecule has 4 rings (SSSR count). The lowest BCUT2D eigenvalue weighted by Crippen LogP contribution is -2.35. The first-order chi connectivity index (χ1) is 11.3. The molecule has 0 radical (unpaired) electrons. The highest BCUT2D eigenvalue weighted by molar-refractivity contribution is 7.09. The predicted octanol–water partition coefficient (Wildman–Crippen LogP) is 1.27. The van der Waals surface area contributed by atoms with Crippen molar-refractivity contribution in [1.29, 1.82) is 0 Å². The zero-order valence-corrected chi connectivity index (χ0v) is 13.7. The Balaban J connectivity index is 1.58. The molecule has 0 aromatic carbocycles. The Kier molecular flexibility index (Phi) is 3.82. The fraction of sp³-hybridized carbons (Fsp3) is 0.643. The number of aromatic nitrogens is 5. The molecule has 0 saturated heterocycles. The zero-order valence-electron chi connectivity index (χ0n) is 12.9. The van der Waals surface area contributed by atoms with Crippen LogP contribution in [0.3, 0.4) is 0 Å². The normalized spacial score (nSPS) is 20.3. The Morgan fingerprint density at radius 3 is 3.09 bits per heavy atom. The fourth-order valence-electron chi connectivity index (χ4n) is 2.78. The maximum absolute atomic E-state index is 11.7. The molecular formula is C14H18N6O2S. The van der Waals surface area contributed by atoms with Gasteiger partial charge in [-0.05, 0) is 31.3 Å². The Morgan fingerprint density at radius 2 is 2.30 bits per heavy atom. The Labute approximate surface area is 137 Å². The molecule has 1 atom stereocenters. The van der Waals surface area contributed by atoms with E-state index in [0.29, 0.717) is 12.5 Å². The Morgan fingerprint density at radius 1 is 1.43 bits per heavy atom. The van der Waals surface area contributed by atoms with Crippen molar-refractivity contribution in [2.45, 2.75) is 44.7 Å². The van der Waals surface area contributed by atoms with E-state index in [1.165, 1.54) is 24.4 Å². The predicted molar refractivity (Wildman–Crippen MR) is 82.9 cm³/mol. The molecule has 122 valence electrons. The van der Waals surface area contributed by atoms with Gasteiger partial charge in [0.05, 0.1) is 19.1 Å². The number of hydrogen-bond acceptors (Lipinski definition) is 8. The second-order valence-corrected chi connectivity index (χ2v) is 6.53. The van der Waals surface area contributed by atoms with Gasteiger partial charge in [-0.1, -0.05) is 0 Å². The number of fused-ring (bicyclic) bond motifs is 1. The van der Waals surface area contributed by atoms with E-state index in [9.17, 15) is 4.79 Å². The maximum atomic E-state index is 11.7. The first kappa shape index (κ1) is 14.7. The van der Waals surface area contributed by atoms with E-state index in [1.54, 1.807) is 6.92 Å². The van der Waals surface area contributed by atoms with E-state index in [4.69, 9.17) is 4.74 Å². The highest BCUT2D eigenvalue weighted by Crippen LogP contribution is 2.39. The number of carbonyl (C=O) groups excluding carboxylic acids is 1. The second kappa shape index (κ2) is 5.97.